The van der Waals surface area contributed by atoms with Gasteiger partial charge in [0.15, 0.2) is 0 Å². The van der Waals surface area contributed by atoms with E-state index in [2.05, 4.69) is 15.5 Å². The van der Waals surface area contributed by atoms with Crippen LogP contribution in [0.4, 0.5) is 0 Å². The smallest absolute Gasteiger partial charge is 0.249 e. The molecule has 0 radical (unpaired) electrons. The molecule has 0 saturated heterocycles. The SMILES string of the molecule is COc1cccc(-c2noc(C(C)NC(=O)CN)n2)c1.Cl. The Kier molecular flexibility index (Phi) is 6.13. The number of carbonyl (C=O) groups is 1. The summed E-state index contributed by atoms with van der Waals surface area (Å²) in [5.74, 6) is 1.19. The standard InChI is InChI=1S/C13H16N4O3.ClH/c1-8(15-11(18)7-14)13-16-12(17-20-13)9-4-3-5-10(6-9)19-2;/h3-6,8H,7,14H2,1-2H3,(H,15,18);1H. The zero-order valence-electron chi connectivity index (χ0n) is 11.7. The average Bonchev–Trinajstić information content (AvgIpc) is 2.97. The van der Waals surface area contributed by atoms with Crippen molar-refractivity contribution in [1.29, 1.82) is 0 Å². The minimum Gasteiger partial charge on any atom is -0.497 e. The van der Waals surface area contributed by atoms with E-state index < -0.39 is 6.04 Å². The second-order valence-electron chi connectivity index (χ2n) is 4.18. The third-order valence-electron chi connectivity index (χ3n) is 2.70. The highest BCUT2D eigenvalue weighted by molar-refractivity contribution is 5.85. The van der Waals surface area contributed by atoms with Crippen LogP contribution in [0.3, 0.4) is 0 Å². The van der Waals surface area contributed by atoms with Gasteiger partial charge in [0.25, 0.3) is 0 Å². The lowest BCUT2D eigenvalue weighted by Gasteiger charge is -2.07. The second kappa shape index (κ2) is 7.61. The van der Waals surface area contributed by atoms with Crippen LogP contribution in [-0.2, 0) is 4.79 Å². The van der Waals surface area contributed by atoms with Crippen LogP contribution in [0, 0.1) is 0 Å². The van der Waals surface area contributed by atoms with Gasteiger partial charge < -0.3 is 20.3 Å². The van der Waals surface area contributed by atoms with Gasteiger partial charge in [0, 0.05) is 5.56 Å². The molecule has 0 saturated carbocycles. The molecule has 1 unspecified atom stereocenters. The average molecular weight is 313 g/mol. The number of amides is 1. The molecule has 114 valence electrons. The Morgan fingerprint density at radius 2 is 2.29 bits per heavy atom. The normalized spacial score (nSPS) is 11.4. The molecule has 21 heavy (non-hydrogen) atoms. The molecule has 0 aliphatic heterocycles. The first-order chi connectivity index (χ1) is 9.63. The molecule has 0 fully saturated rings. The number of benzene rings is 1. The van der Waals surface area contributed by atoms with Gasteiger partial charge in [0.05, 0.1) is 13.7 Å². The predicted octanol–water partition coefficient (Wildman–Crippen LogP) is 1.30. The molecule has 7 nitrogen and oxygen atoms in total. The molecule has 8 heteroatoms. The minimum absolute atomic E-state index is 0. The molecule has 0 aliphatic rings. The highest BCUT2D eigenvalue weighted by atomic mass is 35.5. The van der Waals surface area contributed by atoms with Crippen molar-refractivity contribution in [3.05, 3.63) is 30.2 Å². The van der Waals surface area contributed by atoms with Crippen molar-refractivity contribution in [2.24, 2.45) is 5.73 Å². The van der Waals surface area contributed by atoms with Crippen molar-refractivity contribution < 1.29 is 14.1 Å². The summed E-state index contributed by atoms with van der Waals surface area (Å²) < 4.78 is 10.3. The van der Waals surface area contributed by atoms with E-state index in [0.717, 1.165) is 5.56 Å². The van der Waals surface area contributed by atoms with E-state index in [4.69, 9.17) is 15.0 Å². The third-order valence-corrected chi connectivity index (χ3v) is 2.70. The Labute approximate surface area is 128 Å². The maximum absolute atomic E-state index is 11.2. The lowest BCUT2D eigenvalue weighted by Crippen LogP contribution is -2.32. The number of halogens is 1. The molecular weight excluding hydrogens is 296 g/mol. The number of carbonyl (C=O) groups excluding carboxylic acids is 1. The minimum atomic E-state index is -0.391. The second-order valence-corrected chi connectivity index (χ2v) is 4.18. The molecule has 1 aromatic heterocycles. The van der Waals surface area contributed by atoms with Gasteiger partial charge >= 0.3 is 0 Å². The summed E-state index contributed by atoms with van der Waals surface area (Å²) in [5.41, 5.74) is 6.01. The van der Waals surface area contributed by atoms with Gasteiger partial charge in [-0.15, -0.1) is 12.4 Å². The van der Waals surface area contributed by atoms with Crippen LogP contribution < -0.4 is 15.8 Å². The van der Waals surface area contributed by atoms with Crippen LogP contribution in [0.25, 0.3) is 11.4 Å². The van der Waals surface area contributed by atoms with Crippen molar-refractivity contribution in [3.8, 4) is 17.1 Å². The fourth-order valence-electron chi connectivity index (χ4n) is 1.65. The fraction of sp³-hybridized carbons (Fsp3) is 0.308. The van der Waals surface area contributed by atoms with Crippen molar-refractivity contribution in [1.82, 2.24) is 15.5 Å². The zero-order valence-corrected chi connectivity index (χ0v) is 12.5. The fourth-order valence-corrected chi connectivity index (χ4v) is 1.65. The molecule has 2 aromatic rings. The molecule has 0 bridgehead atoms. The number of nitrogens with zero attached hydrogens (tertiary/aromatic N) is 2. The lowest BCUT2D eigenvalue weighted by molar-refractivity contribution is -0.120. The molecule has 0 spiro atoms. The lowest BCUT2D eigenvalue weighted by atomic mass is 10.2. The van der Waals surface area contributed by atoms with Crippen LogP contribution >= 0.6 is 12.4 Å². The number of hydrogen-bond donors (Lipinski definition) is 2. The number of nitrogens with two attached hydrogens (primary N) is 1. The maximum Gasteiger partial charge on any atom is 0.249 e. The summed E-state index contributed by atoms with van der Waals surface area (Å²) in [6.45, 7) is 1.66. The van der Waals surface area contributed by atoms with Crippen LogP contribution in [0.15, 0.2) is 28.8 Å². The van der Waals surface area contributed by atoms with Gasteiger partial charge in [-0.05, 0) is 19.1 Å². The van der Waals surface area contributed by atoms with Gasteiger partial charge in [-0.2, -0.15) is 4.98 Å². The Hall–Kier alpha value is -2.12. The Morgan fingerprint density at radius 3 is 2.95 bits per heavy atom. The van der Waals surface area contributed by atoms with Gasteiger partial charge in [0.1, 0.15) is 11.8 Å². The predicted molar refractivity (Wildman–Crippen MR) is 79.1 cm³/mol. The summed E-state index contributed by atoms with van der Waals surface area (Å²) >= 11 is 0. The van der Waals surface area contributed by atoms with Gasteiger partial charge in [0.2, 0.25) is 17.6 Å². The molecular formula is C13H17ClN4O3. The number of methoxy groups -OCH3 is 1. The van der Waals surface area contributed by atoms with E-state index in [9.17, 15) is 4.79 Å². The topological polar surface area (TPSA) is 103 Å². The molecule has 0 aliphatic carbocycles. The first kappa shape index (κ1) is 16.9. The quantitative estimate of drug-likeness (QED) is 0.862. The summed E-state index contributed by atoms with van der Waals surface area (Å²) in [6, 6.07) is 6.93. The first-order valence-electron chi connectivity index (χ1n) is 6.11. The van der Waals surface area contributed by atoms with Crippen molar-refractivity contribution >= 4 is 18.3 Å². The van der Waals surface area contributed by atoms with E-state index in [-0.39, 0.29) is 24.9 Å². The number of hydrogen-bond acceptors (Lipinski definition) is 6. The van der Waals surface area contributed by atoms with Crippen molar-refractivity contribution in [2.75, 3.05) is 13.7 Å². The van der Waals surface area contributed by atoms with E-state index >= 15 is 0 Å². The van der Waals surface area contributed by atoms with E-state index in [1.165, 1.54) is 0 Å². The number of nitrogens with one attached hydrogen (secondary N) is 1. The van der Waals surface area contributed by atoms with E-state index in [0.29, 0.717) is 17.5 Å². The molecule has 3 N–H and O–H groups in total. The Bertz CT molecular complexity index is 603. The van der Waals surface area contributed by atoms with Crippen LogP contribution in [0.2, 0.25) is 0 Å². The van der Waals surface area contributed by atoms with Crippen molar-refractivity contribution in [3.63, 3.8) is 0 Å². The monoisotopic (exact) mass is 312 g/mol. The Morgan fingerprint density at radius 1 is 1.52 bits per heavy atom. The van der Waals surface area contributed by atoms with Crippen LogP contribution in [0.1, 0.15) is 18.9 Å². The number of rotatable bonds is 5. The molecule has 1 aromatic carbocycles. The van der Waals surface area contributed by atoms with Gasteiger partial charge in [-0.1, -0.05) is 17.3 Å². The van der Waals surface area contributed by atoms with Crippen LogP contribution in [-0.4, -0.2) is 29.7 Å². The first-order valence-corrected chi connectivity index (χ1v) is 6.11. The maximum atomic E-state index is 11.2. The highest BCUT2D eigenvalue weighted by Gasteiger charge is 2.16. The van der Waals surface area contributed by atoms with E-state index in [1.807, 2.05) is 18.2 Å². The number of ether oxygens (including phenoxy) is 1. The largest absolute Gasteiger partial charge is 0.497 e. The molecule has 1 amide bonds. The third kappa shape index (κ3) is 4.17. The highest BCUT2D eigenvalue weighted by Crippen LogP contribution is 2.22. The summed E-state index contributed by atoms with van der Waals surface area (Å²) in [6.07, 6.45) is 0. The van der Waals surface area contributed by atoms with Crippen molar-refractivity contribution in [2.45, 2.75) is 13.0 Å². The molecule has 1 heterocycles. The summed E-state index contributed by atoms with van der Waals surface area (Å²) in [7, 11) is 1.59. The van der Waals surface area contributed by atoms with Gasteiger partial charge in [-0.25, -0.2) is 0 Å². The van der Waals surface area contributed by atoms with Gasteiger partial charge in [-0.3, -0.25) is 4.79 Å². The molecule has 1 atom stereocenters. The zero-order chi connectivity index (χ0) is 14.5. The summed E-state index contributed by atoms with van der Waals surface area (Å²) in [5, 5.41) is 6.54. The van der Waals surface area contributed by atoms with Crippen LogP contribution in [0.5, 0.6) is 5.75 Å². The number of aromatic nitrogens is 2. The summed E-state index contributed by atoms with van der Waals surface area (Å²) in [4.78, 5) is 15.5. The Balaban J connectivity index is 0.00000220. The van der Waals surface area contributed by atoms with E-state index in [1.54, 1.807) is 20.1 Å². The molecule has 2 rings (SSSR count).